The van der Waals surface area contributed by atoms with Crippen molar-refractivity contribution in [3.8, 4) is 0 Å². The van der Waals surface area contributed by atoms with Crippen LogP contribution in [0.2, 0.25) is 5.02 Å². The fourth-order valence-corrected chi connectivity index (χ4v) is 2.83. The number of amides is 1. The molecule has 0 aliphatic heterocycles. The Kier molecular flexibility index (Phi) is 3.83. The SMILES string of the molecule is NCc1cc(C(=O)Nc2c(Cl)ccc3scnc23)ccn1. The molecule has 0 radical (unpaired) electrons. The molecule has 3 N–H and O–H groups in total. The number of hydrogen-bond donors (Lipinski definition) is 2. The standard InChI is InChI=1S/C14H11ClN4OS/c15-10-1-2-11-13(18-7-21-11)12(10)19-14(20)8-3-4-17-9(5-8)6-16/h1-5,7H,6,16H2,(H,19,20). The van der Waals surface area contributed by atoms with Crippen LogP contribution in [0.3, 0.4) is 0 Å². The third-order valence-electron chi connectivity index (χ3n) is 2.98. The molecular weight excluding hydrogens is 308 g/mol. The molecule has 21 heavy (non-hydrogen) atoms. The largest absolute Gasteiger partial charge is 0.325 e. The number of aromatic nitrogens is 2. The molecule has 0 spiro atoms. The van der Waals surface area contributed by atoms with Crippen LogP contribution in [0.15, 0.2) is 36.0 Å². The number of rotatable bonds is 3. The maximum Gasteiger partial charge on any atom is 0.255 e. The van der Waals surface area contributed by atoms with Crippen molar-refractivity contribution in [2.24, 2.45) is 5.73 Å². The van der Waals surface area contributed by atoms with Gasteiger partial charge in [-0.3, -0.25) is 9.78 Å². The van der Waals surface area contributed by atoms with Crippen LogP contribution in [-0.4, -0.2) is 15.9 Å². The summed E-state index contributed by atoms with van der Waals surface area (Å²) in [5.41, 5.74) is 9.59. The van der Waals surface area contributed by atoms with Gasteiger partial charge in [-0.2, -0.15) is 0 Å². The molecule has 2 heterocycles. The first-order chi connectivity index (χ1) is 10.2. The number of nitrogens with one attached hydrogen (secondary N) is 1. The van der Waals surface area contributed by atoms with E-state index < -0.39 is 0 Å². The van der Waals surface area contributed by atoms with E-state index in [9.17, 15) is 4.79 Å². The average Bonchev–Trinajstić information content (AvgIpc) is 2.99. The highest BCUT2D eigenvalue weighted by Crippen LogP contribution is 2.32. The number of thiazole rings is 1. The molecule has 0 aliphatic rings. The van der Waals surface area contributed by atoms with Crippen molar-refractivity contribution >= 4 is 44.7 Å². The van der Waals surface area contributed by atoms with Crippen LogP contribution in [0.1, 0.15) is 16.1 Å². The summed E-state index contributed by atoms with van der Waals surface area (Å²) in [4.78, 5) is 20.6. The van der Waals surface area contributed by atoms with Crippen LogP contribution in [0.25, 0.3) is 10.2 Å². The molecule has 3 aromatic rings. The number of carbonyl (C=O) groups is 1. The van der Waals surface area contributed by atoms with E-state index in [1.807, 2.05) is 6.07 Å². The summed E-state index contributed by atoms with van der Waals surface area (Å²) < 4.78 is 0.965. The minimum absolute atomic E-state index is 0.269. The Bertz CT molecular complexity index is 818. The van der Waals surface area contributed by atoms with Crippen LogP contribution < -0.4 is 11.1 Å². The maximum absolute atomic E-state index is 12.3. The van der Waals surface area contributed by atoms with Gasteiger partial charge in [0.05, 0.1) is 26.6 Å². The molecule has 3 rings (SSSR count). The van der Waals surface area contributed by atoms with Gasteiger partial charge in [0.25, 0.3) is 5.91 Å². The number of hydrogen-bond acceptors (Lipinski definition) is 5. The number of fused-ring (bicyclic) bond motifs is 1. The van der Waals surface area contributed by atoms with Crippen LogP contribution in [0.4, 0.5) is 5.69 Å². The summed E-state index contributed by atoms with van der Waals surface area (Å²) in [7, 11) is 0. The lowest BCUT2D eigenvalue weighted by atomic mass is 10.2. The van der Waals surface area contributed by atoms with E-state index in [4.69, 9.17) is 17.3 Å². The minimum Gasteiger partial charge on any atom is -0.325 e. The summed E-state index contributed by atoms with van der Waals surface area (Å²) in [5, 5.41) is 3.27. The zero-order chi connectivity index (χ0) is 14.8. The lowest BCUT2D eigenvalue weighted by Gasteiger charge is -2.08. The molecule has 7 heteroatoms. The number of nitrogens with zero attached hydrogens (tertiary/aromatic N) is 2. The minimum atomic E-state index is -0.269. The van der Waals surface area contributed by atoms with Crippen molar-refractivity contribution in [2.45, 2.75) is 6.54 Å². The van der Waals surface area contributed by atoms with E-state index in [0.29, 0.717) is 27.5 Å². The zero-order valence-electron chi connectivity index (χ0n) is 10.8. The van der Waals surface area contributed by atoms with Gasteiger partial charge in [0.15, 0.2) is 0 Å². The van der Waals surface area contributed by atoms with Crippen molar-refractivity contribution in [1.82, 2.24) is 9.97 Å². The number of halogens is 1. The first-order valence-electron chi connectivity index (χ1n) is 6.17. The van der Waals surface area contributed by atoms with E-state index in [1.54, 1.807) is 29.9 Å². The average molecular weight is 319 g/mol. The zero-order valence-corrected chi connectivity index (χ0v) is 12.4. The molecule has 0 aliphatic carbocycles. The fraction of sp³-hybridized carbons (Fsp3) is 0.0714. The molecule has 2 aromatic heterocycles. The molecule has 1 amide bonds. The van der Waals surface area contributed by atoms with E-state index in [-0.39, 0.29) is 12.5 Å². The number of nitrogens with two attached hydrogens (primary N) is 1. The van der Waals surface area contributed by atoms with E-state index in [2.05, 4.69) is 15.3 Å². The van der Waals surface area contributed by atoms with Crippen LogP contribution >= 0.6 is 22.9 Å². The number of benzene rings is 1. The van der Waals surface area contributed by atoms with E-state index in [0.717, 1.165) is 4.70 Å². The predicted octanol–water partition coefficient (Wildman–Crippen LogP) is 3.06. The number of carbonyl (C=O) groups excluding carboxylic acids is 1. The Labute approximate surface area is 129 Å². The van der Waals surface area contributed by atoms with Gasteiger partial charge >= 0.3 is 0 Å². The second-order valence-corrected chi connectivity index (χ2v) is 5.61. The Morgan fingerprint density at radius 1 is 1.33 bits per heavy atom. The highest BCUT2D eigenvalue weighted by Gasteiger charge is 2.13. The van der Waals surface area contributed by atoms with Crippen LogP contribution in [-0.2, 0) is 6.54 Å². The lowest BCUT2D eigenvalue weighted by molar-refractivity contribution is 0.102. The first-order valence-corrected chi connectivity index (χ1v) is 7.43. The highest BCUT2D eigenvalue weighted by atomic mass is 35.5. The van der Waals surface area contributed by atoms with E-state index >= 15 is 0 Å². The van der Waals surface area contributed by atoms with Gasteiger partial charge in [-0.25, -0.2) is 4.98 Å². The summed E-state index contributed by atoms with van der Waals surface area (Å²) in [6.45, 7) is 0.281. The Balaban J connectivity index is 1.96. The molecule has 0 saturated heterocycles. The Hall–Kier alpha value is -2.02. The van der Waals surface area contributed by atoms with Gasteiger partial charge in [0.1, 0.15) is 5.52 Å². The summed E-state index contributed by atoms with van der Waals surface area (Å²) in [6, 6.07) is 6.91. The topological polar surface area (TPSA) is 80.9 Å². The number of pyridine rings is 1. The molecule has 106 valence electrons. The molecule has 5 nitrogen and oxygen atoms in total. The second-order valence-electron chi connectivity index (χ2n) is 4.32. The van der Waals surface area contributed by atoms with Crippen LogP contribution in [0, 0.1) is 0 Å². The third-order valence-corrected chi connectivity index (χ3v) is 4.09. The van der Waals surface area contributed by atoms with Gasteiger partial charge in [-0.15, -0.1) is 11.3 Å². The van der Waals surface area contributed by atoms with Crippen molar-refractivity contribution < 1.29 is 4.79 Å². The summed E-state index contributed by atoms with van der Waals surface area (Å²) >= 11 is 7.66. The molecule has 0 unspecified atom stereocenters. The fourth-order valence-electron chi connectivity index (χ4n) is 1.94. The highest BCUT2D eigenvalue weighted by molar-refractivity contribution is 7.16. The molecule has 0 saturated carbocycles. The van der Waals surface area contributed by atoms with Crippen LogP contribution in [0.5, 0.6) is 0 Å². The quantitative estimate of drug-likeness (QED) is 0.777. The molecule has 0 atom stereocenters. The normalized spacial score (nSPS) is 10.8. The van der Waals surface area contributed by atoms with Crippen molar-refractivity contribution in [3.63, 3.8) is 0 Å². The monoisotopic (exact) mass is 318 g/mol. The lowest BCUT2D eigenvalue weighted by Crippen LogP contribution is -2.13. The third kappa shape index (κ3) is 2.73. The predicted molar refractivity (Wildman–Crippen MR) is 84.7 cm³/mol. The number of anilines is 1. The molecule has 0 fully saturated rings. The van der Waals surface area contributed by atoms with Crippen molar-refractivity contribution in [1.29, 1.82) is 0 Å². The maximum atomic E-state index is 12.3. The van der Waals surface area contributed by atoms with Gasteiger partial charge in [-0.1, -0.05) is 11.6 Å². The van der Waals surface area contributed by atoms with Gasteiger partial charge in [0.2, 0.25) is 0 Å². The summed E-state index contributed by atoms with van der Waals surface area (Å²) in [6.07, 6.45) is 1.56. The van der Waals surface area contributed by atoms with Crippen molar-refractivity contribution in [2.75, 3.05) is 5.32 Å². The smallest absolute Gasteiger partial charge is 0.255 e. The van der Waals surface area contributed by atoms with E-state index in [1.165, 1.54) is 11.3 Å². The summed E-state index contributed by atoms with van der Waals surface area (Å²) in [5.74, 6) is -0.269. The second kappa shape index (κ2) is 5.77. The van der Waals surface area contributed by atoms with Gasteiger partial charge < -0.3 is 11.1 Å². The Morgan fingerprint density at radius 3 is 3.00 bits per heavy atom. The Morgan fingerprint density at radius 2 is 2.19 bits per heavy atom. The van der Waals surface area contributed by atoms with Crippen molar-refractivity contribution in [3.05, 3.63) is 52.3 Å². The first kappa shape index (κ1) is 13.9. The molecular formula is C14H11ClN4OS. The van der Waals surface area contributed by atoms with Gasteiger partial charge in [0, 0.05) is 18.3 Å². The molecule has 1 aromatic carbocycles. The van der Waals surface area contributed by atoms with Gasteiger partial charge in [-0.05, 0) is 24.3 Å². The molecule has 0 bridgehead atoms.